The Bertz CT molecular complexity index is 2380. The van der Waals surface area contributed by atoms with E-state index in [0.717, 1.165) is 118 Å². The Balaban J connectivity index is 1.42. The van der Waals surface area contributed by atoms with Crippen molar-refractivity contribution in [3.8, 4) is 22.6 Å². The van der Waals surface area contributed by atoms with E-state index in [9.17, 15) is 9.59 Å². The number of carbonyl (C=O) groups is 2. The second-order valence-corrected chi connectivity index (χ2v) is 20.6. The number of rotatable bonds is 35. The number of fused-ring (bicyclic) bond motifs is 4. The van der Waals surface area contributed by atoms with Crippen LogP contribution in [0.3, 0.4) is 0 Å². The van der Waals surface area contributed by atoms with E-state index >= 15 is 0 Å². The maximum absolute atomic E-state index is 13.7. The highest BCUT2D eigenvalue weighted by Crippen LogP contribution is 2.50. The highest BCUT2D eigenvalue weighted by atomic mass is 16.7. The molecule has 0 bridgehead atoms. The van der Waals surface area contributed by atoms with Crippen molar-refractivity contribution in [2.45, 2.75) is 220 Å². The van der Waals surface area contributed by atoms with Gasteiger partial charge in [-0.3, -0.25) is 0 Å². The Labute approximate surface area is 434 Å². The van der Waals surface area contributed by atoms with Crippen molar-refractivity contribution < 1.29 is 28.5 Å². The lowest BCUT2D eigenvalue weighted by Crippen LogP contribution is -2.12. The van der Waals surface area contributed by atoms with Crippen LogP contribution >= 0.6 is 0 Å². The molecule has 0 spiro atoms. The van der Waals surface area contributed by atoms with Gasteiger partial charge in [0.15, 0.2) is 0 Å². The molecule has 0 saturated heterocycles. The van der Waals surface area contributed by atoms with E-state index in [-0.39, 0.29) is 0 Å². The van der Waals surface area contributed by atoms with Crippen molar-refractivity contribution in [3.63, 3.8) is 0 Å². The molecule has 6 aromatic carbocycles. The highest BCUT2D eigenvalue weighted by Gasteiger charge is 2.25. The molecule has 0 fully saturated rings. The monoisotopic (exact) mass is 979 g/mol. The Morgan fingerprint density at radius 3 is 0.958 bits per heavy atom. The van der Waals surface area contributed by atoms with E-state index in [2.05, 4.69) is 100 Å². The smallest absolute Gasteiger partial charge is 0.434 e. The first-order valence-corrected chi connectivity index (χ1v) is 29.1. The standard InChI is InChI=1S/C66H90O6/c1-5-9-13-17-21-23-27-35-47-69-65(67)71-63-55-41-33-31-39-53(55)61(59-49-51(43-45-57(59)63)37-29-25-19-15-11-7-3)62-54-40-32-34-42-56(54)64(72-66(68)70-48-36-28-24-22-18-14-10-6-2)58-46-44-52(50-60(58)62)38-30-26-20-16-12-8-4/h31-34,39-46,49-50H,5-30,35-38,47-48H2,1-4H3. The van der Waals surface area contributed by atoms with Crippen LogP contribution < -0.4 is 9.47 Å². The number of unbranched alkanes of at least 4 members (excludes halogenated alkanes) is 24. The third kappa shape index (κ3) is 17.0. The molecule has 390 valence electrons. The predicted molar refractivity (Wildman–Crippen MR) is 305 cm³/mol. The quantitative estimate of drug-likeness (QED) is 0.0171. The molecule has 6 aromatic rings. The zero-order valence-corrected chi connectivity index (χ0v) is 45.2. The molecule has 6 heteroatoms. The van der Waals surface area contributed by atoms with Gasteiger partial charge in [-0.15, -0.1) is 0 Å². The van der Waals surface area contributed by atoms with E-state index in [1.807, 2.05) is 12.1 Å². The van der Waals surface area contributed by atoms with Crippen molar-refractivity contribution >= 4 is 55.4 Å². The van der Waals surface area contributed by atoms with Crippen molar-refractivity contribution in [3.05, 3.63) is 96.1 Å². The first-order valence-electron chi connectivity index (χ1n) is 29.1. The average molecular weight is 979 g/mol. The lowest BCUT2D eigenvalue weighted by Gasteiger charge is -2.22. The van der Waals surface area contributed by atoms with Gasteiger partial charge >= 0.3 is 12.3 Å². The topological polar surface area (TPSA) is 71.1 Å². The summed E-state index contributed by atoms with van der Waals surface area (Å²) >= 11 is 0. The summed E-state index contributed by atoms with van der Waals surface area (Å²) in [6.45, 7) is 9.70. The van der Waals surface area contributed by atoms with Crippen LogP contribution in [0.1, 0.15) is 219 Å². The molecule has 0 aromatic heterocycles. The van der Waals surface area contributed by atoms with Crippen LogP contribution in [0.25, 0.3) is 54.2 Å². The molecule has 0 heterocycles. The fraction of sp³-hybridized carbons (Fsp3) is 0.545. The van der Waals surface area contributed by atoms with Gasteiger partial charge in [-0.1, -0.05) is 267 Å². The molecule has 0 aliphatic heterocycles. The van der Waals surface area contributed by atoms with Gasteiger partial charge in [0.2, 0.25) is 0 Å². The van der Waals surface area contributed by atoms with Crippen molar-refractivity contribution in [1.29, 1.82) is 0 Å². The van der Waals surface area contributed by atoms with Gasteiger partial charge in [-0.2, -0.15) is 0 Å². The molecule has 6 rings (SSSR count). The zero-order valence-electron chi connectivity index (χ0n) is 45.2. The second-order valence-electron chi connectivity index (χ2n) is 20.6. The maximum atomic E-state index is 13.7. The van der Waals surface area contributed by atoms with Crippen LogP contribution in [0.4, 0.5) is 9.59 Å². The summed E-state index contributed by atoms with van der Waals surface area (Å²) in [5, 5.41) is 7.44. The second kappa shape index (κ2) is 32.2. The normalized spacial score (nSPS) is 11.6. The van der Waals surface area contributed by atoms with Crippen molar-refractivity contribution in [2.75, 3.05) is 13.2 Å². The van der Waals surface area contributed by atoms with Gasteiger partial charge in [0.05, 0.1) is 13.2 Å². The van der Waals surface area contributed by atoms with Gasteiger partial charge in [-0.05, 0) is 82.3 Å². The molecule has 0 aliphatic rings. The average Bonchev–Trinajstić information content (AvgIpc) is 3.40. The van der Waals surface area contributed by atoms with Crippen molar-refractivity contribution in [1.82, 2.24) is 0 Å². The van der Waals surface area contributed by atoms with Gasteiger partial charge in [0, 0.05) is 21.5 Å². The van der Waals surface area contributed by atoms with Crippen LogP contribution in [0.5, 0.6) is 11.5 Å². The molecule has 6 nitrogen and oxygen atoms in total. The zero-order chi connectivity index (χ0) is 50.6. The van der Waals surface area contributed by atoms with Crippen LogP contribution in [0, 0.1) is 0 Å². The minimum atomic E-state index is -0.667. The van der Waals surface area contributed by atoms with Gasteiger partial charge in [0.1, 0.15) is 11.5 Å². The number of hydrogen-bond donors (Lipinski definition) is 0. The SMILES string of the molecule is CCCCCCCCCCOC(=O)Oc1c2ccccc2c(-c2c3ccccc3c(OC(=O)OCCCCCCCCCC)c3ccc(CCCCCCCC)cc23)c2cc(CCCCCCCC)ccc12. The number of ether oxygens (including phenoxy) is 4. The summed E-state index contributed by atoms with van der Waals surface area (Å²) in [6.07, 6.45) is 34.0. The lowest BCUT2D eigenvalue weighted by atomic mass is 9.84. The molecular formula is C66H90O6. The number of benzene rings is 6. The fourth-order valence-electron chi connectivity index (χ4n) is 10.7. The largest absolute Gasteiger partial charge is 0.513 e. The summed E-state index contributed by atoms with van der Waals surface area (Å²) in [6, 6.07) is 30.1. The first-order chi connectivity index (χ1) is 35.5. The van der Waals surface area contributed by atoms with E-state index in [4.69, 9.17) is 18.9 Å². The third-order valence-electron chi connectivity index (χ3n) is 14.8. The van der Waals surface area contributed by atoms with Crippen molar-refractivity contribution in [2.24, 2.45) is 0 Å². The minimum Gasteiger partial charge on any atom is -0.434 e. The third-order valence-corrected chi connectivity index (χ3v) is 14.8. The number of carbonyl (C=O) groups excluding carboxylic acids is 2. The van der Waals surface area contributed by atoms with Gasteiger partial charge in [-0.25, -0.2) is 9.59 Å². The predicted octanol–water partition coefficient (Wildman–Crippen LogP) is 21.1. The highest BCUT2D eigenvalue weighted by molar-refractivity contribution is 6.27. The van der Waals surface area contributed by atoms with Crippen LogP contribution in [0.2, 0.25) is 0 Å². The Hall–Kier alpha value is -5.10. The van der Waals surface area contributed by atoms with E-state index in [1.54, 1.807) is 0 Å². The summed E-state index contributed by atoms with van der Waals surface area (Å²) in [5.74, 6) is 1.04. The van der Waals surface area contributed by atoms with E-state index < -0.39 is 12.3 Å². The summed E-state index contributed by atoms with van der Waals surface area (Å²) in [4.78, 5) is 27.4. The van der Waals surface area contributed by atoms with Crippen LogP contribution in [-0.2, 0) is 22.3 Å². The van der Waals surface area contributed by atoms with E-state index in [1.165, 1.54) is 140 Å². The molecule has 0 saturated carbocycles. The summed E-state index contributed by atoms with van der Waals surface area (Å²) in [7, 11) is 0. The Kier molecular flexibility index (Phi) is 25.1. The molecule has 0 atom stereocenters. The number of hydrogen-bond acceptors (Lipinski definition) is 6. The Morgan fingerprint density at radius 1 is 0.319 bits per heavy atom. The van der Waals surface area contributed by atoms with Crippen LogP contribution in [0.15, 0.2) is 84.9 Å². The van der Waals surface area contributed by atoms with Gasteiger partial charge in [0.25, 0.3) is 0 Å². The van der Waals surface area contributed by atoms with E-state index in [0.29, 0.717) is 24.7 Å². The fourth-order valence-corrected chi connectivity index (χ4v) is 10.7. The minimum absolute atomic E-state index is 0.338. The summed E-state index contributed by atoms with van der Waals surface area (Å²) < 4.78 is 24.3. The molecular weight excluding hydrogens is 889 g/mol. The first kappa shape index (κ1) is 56.2. The molecule has 0 N–H and O–H groups in total. The molecule has 0 unspecified atom stereocenters. The molecule has 0 amide bonds. The molecule has 0 radical (unpaired) electrons. The summed E-state index contributed by atoms with van der Waals surface area (Å²) in [5.41, 5.74) is 4.67. The Morgan fingerprint density at radius 2 is 0.611 bits per heavy atom. The number of aryl methyl sites for hydroxylation is 2. The van der Waals surface area contributed by atoms with Crippen LogP contribution in [-0.4, -0.2) is 25.5 Å². The molecule has 0 aliphatic carbocycles. The molecule has 72 heavy (non-hydrogen) atoms. The van der Waals surface area contributed by atoms with Gasteiger partial charge < -0.3 is 18.9 Å². The lowest BCUT2D eigenvalue weighted by molar-refractivity contribution is 0.0972. The maximum Gasteiger partial charge on any atom is 0.513 e.